The van der Waals surface area contributed by atoms with E-state index in [-0.39, 0.29) is 37.3 Å². The summed E-state index contributed by atoms with van der Waals surface area (Å²) in [7, 11) is 1.56. The van der Waals surface area contributed by atoms with Crippen molar-refractivity contribution < 1.29 is 33.3 Å². The Morgan fingerprint density at radius 3 is 2.36 bits per heavy atom. The van der Waals surface area contributed by atoms with Crippen molar-refractivity contribution >= 4 is 11.9 Å². The standard InChI is InChI=1S/C32H37FO6/c1-6-38-31(36)17-23(16-30(34)35)22-9-7-8-21(14-22)20-39-26-10-12-27(24(15-26)19-32(2,3)4)28-18-25(37-5)11-13-29(28)33/h7-15,18,23H,6,16-17,19-20H2,1-5H3,(H,34,35). The second-order valence-electron chi connectivity index (χ2n) is 10.7. The molecule has 0 aliphatic rings. The maximum atomic E-state index is 14.8. The molecule has 0 spiro atoms. The predicted octanol–water partition coefficient (Wildman–Crippen LogP) is 7.18. The van der Waals surface area contributed by atoms with Gasteiger partial charge in [0.15, 0.2) is 0 Å². The third kappa shape index (κ3) is 8.84. The Kier molecular flexibility index (Phi) is 10.1. The number of halogens is 1. The zero-order valence-corrected chi connectivity index (χ0v) is 23.3. The van der Waals surface area contributed by atoms with E-state index < -0.39 is 17.9 Å². The van der Waals surface area contributed by atoms with Crippen LogP contribution in [-0.4, -0.2) is 30.8 Å². The lowest BCUT2D eigenvalue weighted by Gasteiger charge is -2.22. The number of esters is 1. The SMILES string of the molecule is CCOC(=O)CC(CC(=O)O)c1cccc(COc2ccc(-c3cc(OC)ccc3F)c(CC(C)(C)C)c2)c1. The summed E-state index contributed by atoms with van der Waals surface area (Å²) in [6.07, 6.45) is 0.515. The van der Waals surface area contributed by atoms with E-state index in [0.29, 0.717) is 23.5 Å². The average Bonchev–Trinajstić information content (AvgIpc) is 2.87. The molecule has 0 saturated heterocycles. The predicted molar refractivity (Wildman–Crippen MR) is 149 cm³/mol. The van der Waals surface area contributed by atoms with E-state index in [2.05, 4.69) is 20.8 Å². The molecule has 0 radical (unpaired) electrons. The van der Waals surface area contributed by atoms with Gasteiger partial charge in [0.1, 0.15) is 23.9 Å². The van der Waals surface area contributed by atoms with Crippen molar-refractivity contribution in [3.05, 3.63) is 83.2 Å². The van der Waals surface area contributed by atoms with Crippen LogP contribution in [0, 0.1) is 11.2 Å². The fraction of sp³-hybridized carbons (Fsp3) is 0.375. The van der Waals surface area contributed by atoms with Crippen molar-refractivity contribution in [3.8, 4) is 22.6 Å². The van der Waals surface area contributed by atoms with Gasteiger partial charge in [0.25, 0.3) is 0 Å². The van der Waals surface area contributed by atoms with Gasteiger partial charge in [-0.1, -0.05) is 51.1 Å². The maximum Gasteiger partial charge on any atom is 0.306 e. The normalized spacial score (nSPS) is 12.1. The molecule has 1 atom stereocenters. The number of rotatable bonds is 12. The molecule has 208 valence electrons. The molecule has 0 aliphatic carbocycles. The molecule has 7 heteroatoms. The molecule has 3 aromatic carbocycles. The van der Waals surface area contributed by atoms with Crippen molar-refractivity contribution in [1.82, 2.24) is 0 Å². The number of ether oxygens (including phenoxy) is 3. The molecule has 1 N–H and O–H groups in total. The number of carboxylic acids is 1. The van der Waals surface area contributed by atoms with Gasteiger partial charge in [-0.05, 0) is 71.3 Å². The molecule has 0 aromatic heterocycles. The lowest BCUT2D eigenvalue weighted by molar-refractivity contribution is -0.144. The molecule has 0 aliphatic heterocycles. The highest BCUT2D eigenvalue weighted by atomic mass is 19.1. The third-order valence-corrected chi connectivity index (χ3v) is 6.23. The number of carboxylic acid groups (broad SMARTS) is 1. The number of carbonyl (C=O) groups excluding carboxylic acids is 1. The summed E-state index contributed by atoms with van der Waals surface area (Å²) in [5.41, 5.74) is 3.74. The molecule has 39 heavy (non-hydrogen) atoms. The van der Waals surface area contributed by atoms with E-state index in [0.717, 1.165) is 22.3 Å². The summed E-state index contributed by atoms with van der Waals surface area (Å²) in [6, 6.07) is 17.7. The van der Waals surface area contributed by atoms with Crippen molar-refractivity contribution in [2.45, 2.75) is 59.5 Å². The molecule has 0 amide bonds. The van der Waals surface area contributed by atoms with Gasteiger partial charge >= 0.3 is 11.9 Å². The van der Waals surface area contributed by atoms with Crippen LogP contribution in [0.4, 0.5) is 4.39 Å². The van der Waals surface area contributed by atoms with E-state index in [9.17, 15) is 19.1 Å². The first-order valence-electron chi connectivity index (χ1n) is 13.0. The number of methoxy groups -OCH3 is 1. The summed E-state index contributed by atoms with van der Waals surface area (Å²) < 4.78 is 31.3. The second-order valence-corrected chi connectivity index (χ2v) is 10.7. The Balaban J connectivity index is 1.85. The van der Waals surface area contributed by atoms with Crippen LogP contribution in [0.3, 0.4) is 0 Å². The molecule has 0 saturated carbocycles. The largest absolute Gasteiger partial charge is 0.497 e. The molecule has 6 nitrogen and oxygen atoms in total. The minimum absolute atomic E-state index is 0.0110. The van der Waals surface area contributed by atoms with E-state index >= 15 is 0 Å². The molecule has 0 heterocycles. The fourth-order valence-electron chi connectivity index (χ4n) is 4.52. The number of benzene rings is 3. The van der Waals surface area contributed by atoms with E-state index in [1.165, 1.54) is 6.07 Å². The van der Waals surface area contributed by atoms with E-state index in [1.807, 2.05) is 42.5 Å². The van der Waals surface area contributed by atoms with Gasteiger partial charge in [-0.15, -0.1) is 0 Å². The van der Waals surface area contributed by atoms with Crippen LogP contribution in [0.1, 0.15) is 63.1 Å². The molecular weight excluding hydrogens is 499 g/mol. The number of hydrogen-bond acceptors (Lipinski definition) is 5. The van der Waals surface area contributed by atoms with Crippen molar-refractivity contribution in [1.29, 1.82) is 0 Å². The summed E-state index contributed by atoms with van der Waals surface area (Å²) in [5.74, 6) is -1.01. The molecule has 3 aromatic rings. The Hall–Kier alpha value is -3.87. The van der Waals surface area contributed by atoms with Crippen LogP contribution in [0.15, 0.2) is 60.7 Å². The zero-order chi connectivity index (χ0) is 28.6. The van der Waals surface area contributed by atoms with Crippen LogP contribution < -0.4 is 9.47 Å². The lowest BCUT2D eigenvalue weighted by Crippen LogP contribution is -2.14. The van der Waals surface area contributed by atoms with Gasteiger partial charge in [-0.2, -0.15) is 0 Å². The van der Waals surface area contributed by atoms with E-state index in [4.69, 9.17) is 14.2 Å². The smallest absolute Gasteiger partial charge is 0.306 e. The van der Waals surface area contributed by atoms with Gasteiger partial charge in [-0.25, -0.2) is 4.39 Å². The summed E-state index contributed by atoms with van der Waals surface area (Å²) in [6.45, 7) is 8.58. The quantitative estimate of drug-likeness (QED) is 0.247. The average molecular weight is 537 g/mol. The minimum atomic E-state index is -0.982. The summed E-state index contributed by atoms with van der Waals surface area (Å²) >= 11 is 0. The lowest BCUT2D eigenvalue weighted by atomic mass is 9.84. The van der Waals surface area contributed by atoms with Gasteiger partial charge in [-0.3, -0.25) is 9.59 Å². The first-order valence-corrected chi connectivity index (χ1v) is 13.0. The topological polar surface area (TPSA) is 82.1 Å². The highest BCUT2D eigenvalue weighted by molar-refractivity contribution is 5.74. The van der Waals surface area contributed by atoms with Gasteiger partial charge < -0.3 is 19.3 Å². The van der Waals surface area contributed by atoms with Crippen LogP contribution in [-0.2, 0) is 27.4 Å². The van der Waals surface area contributed by atoms with Gasteiger partial charge in [0, 0.05) is 11.5 Å². The highest BCUT2D eigenvalue weighted by Gasteiger charge is 2.21. The van der Waals surface area contributed by atoms with Gasteiger partial charge in [0.05, 0.1) is 26.6 Å². The van der Waals surface area contributed by atoms with Crippen molar-refractivity contribution in [2.75, 3.05) is 13.7 Å². The monoisotopic (exact) mass is 536 g/mol. The third-order valence-electron chi connectivity index (χ3n) is 6.23. The van der Waals surface area contributed by atoms with Crippen LogP contribution in [0.2, 0.25) is 0 Å². The van der Waals surface area contributed by atoms with Crippen LogP contribution in [0.25, 0.3) is 11.1 Å². The highest BCUT2D eigenvalue weighted by Crippen LogP contribution is 2.35. The fourth-order valence-corrected chi connectivity index (χ4v) is 4.52. The molecule has 0 bridgehead atoms. The molecular formula is C32H37FO6. The van der Waals surface area contributed by atoms with Crippen LogP contribution >= 0.6 is 0 Å². The minimum Gasteiger partial charge on any atom is -0.497 e. The zero-order valence-electron chi connectivity index (χ0n) is 23.3. The van der Waals surface area contributed by atoms with Gasteiger partial charge in [0.2, 0.25) is 0 Å². The number of carbonyl (C=O) groups is 2. The Labute approximate surface area is 229 Å². The first kappa shape index (κ1) is 29.7. The van der Waals surface area contributed by atoms with Crippen LogP contribution in [0.5, 0.6) is 11.5 Å². The first-order chi connectivity index (χ1) is 18.5. The van der Waals surface area contributed by atoms with Crippen molar-refractivity contribution in [3.63, 3.8) is 0 Å². The summed E-state index contributed by atoms with van der Waals surface area (Å²) in [4.78, 5) is 23.5. The summed E-state index contributed by atoms with van der Waals surface area (Å²) in [5, 5.41) is 9.36. The Bertz CT molecular complexity index is 1290. The molecule has 1 unspecified atom stereocenters. The van der Waals surface area contributed by atoms with E-state index in [1.54, 1.807) is 26.2 Å². The second kappa shape index (κ2) is 13.3. The number of aliphatic carboxylic acids is 1. The van der Waals surface area contributed by atoms with Crippen molar-refractivity contribution in [2.24, 2.45) is 5.41 Å². The Morgan fingerprint density at radius 1 is 0.949 bits per heavy atom. The molecule has 0 fully saturated rings. The molecule has 3 rings (SSSR count). The maximum absolute atomic E-state index is 14.8. The Morgan fingerprint density at radius 2 is 1.69 bits per heavy atom. The number of hydrogen-bond donors (Lipinski definition) is 1.